The van der Waals surface area contributed by atoms with Gasteiger partial charge in [0.1, 0.15) is 5.75 Å². The number of para-hydroxylation sites is 1. The summed E-state index contributed by atoms with van der Waals surface area (Å²) < 4.78 is 29.5. The Hall–Kier alpha value is -1.94. The second kappa shape index (κ2) is 5.82. The Labute approximate surface area is 122 Å². The van der Waals surface area contributed by atoms with Crippen LogP contribution in [0.4, 0.5) is 8.78 Å². The number of ether oxygens (including phenoxy) is 1. The van der Waals surface area contributed by atoms with Gasteiger partial charge in [0.05, 0.1) is 6.04 Å². The second-order valence-corrected chi connectivity index (χ2v) is 5.28. The van der Waals surface area contributed by atoms with E-state index in [1.165, 1.54) is 23.6 Å². The minimum atomic E-state index is -2.85. The minimum absolute atomic E-state index is 0.139. The predicted molar refractivity (Wildman–Crippen MR) is 77.6 cm³/mol. The number of rotatable bonds is 4. The molecule has 0 saturated carbocycles. The molecule has 1 aliphatic rings. The van der Waals surface area contributed by atoms with E-state index in [1.54, 1.807) is 18.2 Å². The van der Waals surface area contributed by atoms with Gasteiger partial charge in [-0.25, -0.2) is 0 Å². The molecule has 4 heteroatoms. The molecule has 1 unspecified atom stereocenters. The average molecular weight is 289 g/mol. The van der Waals surface area contributed by atoms with Crippen LogP contribution in [-0.2, 0) is 12.8 Å². The molecule has 0 aromatic heterocycles. The Morgan fingerprint density at radius 2 is 1.76 bits per heavy atom. The summed E-state index contributed by atoms with van der Waals surface area (Å²) in [6.07, 6.45) is 3.33. The molecule has 0 amide bonds. The van der Waals surface area contributed by atoms with Gasteiger partial charge in [-0.2, -0.15) is 8.78 Å². The van der Waals surface area contributed by atoms with Crippen molar-refractivity contribution in [2.24, 2.45) is 5.73 Å². The van der Waals surface area contributed by atoms with Crippen LogP contribution in [0.25, 0.3) is 0 Å². The van der Waals surface area contributed by atoms with Crippen molar-refractivity contribution in [2.75, 3.05) is 0 Å². The van der Waals surface area contributed by atoms with E-state index < -0.39 is 12.7 Å². The highest BCUT2D eigenvalue weighted by atomic mass is 19.3. The number of halogens is 2. The lowest BCUT2D eigenvalue weighted by Crippen LogP contribution is -2.15. The average Bonchev–Trinajstić information content (AvgIpc) is 2.94. The standard InChI is InChI=1S/C17H17F2NO/c18-17(19)21-15-7-2-1-6-14(15)16(20)13-9-8-11-4-3-5-12(11)10-13/h1-2,6-10,16-17H,3-5,20H2. The highest BCUT2D eigenvalue weighted by Gasteiger charge is 2.18. The Kier molecular flexibility index (Phi) is 3.88. The van der Waals surface area contributed by atoms with Gasteiger partial charge in [0.15, 0.2) is 0 Å². The molecule has 110 valence electrons. The summed E-state index contributed by atoms with van der Waals surface area (Å²) in [7, 11) is 0. The zero-order valence-electron chi connectivity index (χ0n) is 11.6. The molecule has 0 heterocycles. The summed E-state index contributed by atoms with van der Waals surface area (Å²) >= 11 is 0. The molecule has 0 spiro atoms. The van der Waals surface area contributed by atoms with Crippen LogP contribution in [0.3, 0.4) is 0 Å². The summed E-state index contributed by atoms with van der Waals surface area (Å²) in [6.45, 7) is -2.85. The maximum absolute atomic E-state index is 12.5. The van der Waals surface area contributed by atoms with E-state index >= 15 is 0 Å². The lowest BCUT2D eigenvalue weighted by atomic mass is 9.96. The molecule has 2 nitrogen and oxygen atoms in total. The largest absolute Gasteiger partial charge is 0.434 e. The molecule has 1 aliphatic carbocycles. The number of benzene rings is 2. The SMILES string of the molecule is NC(c1ccc2c(c1)CCC2)c1ccccc1OC(F)F. The molecule has 0 aliphatic heterocycles. The normalized spacial score (nSPS) is 15.0. The molecule has 2 aromatic carbocycles. The van der Waals surface area contributed by atoms with Gasteiger partial charge in [-0.05, 0) is 42.0 Å². The van der Waals surface area contributed by atoms with Crippen molar-refractivity contribution in [1.82, 2.24) is 0 Å². The fourth-order valence-corrected chi connectivity index (χ4v) is 2.91. The number of fused-ring (bicyclic) bond motifs is 1. The van der Waals surface area contributed by atoms with E-state index in [-0.39, 0.29) is 5.75 Å². The van der Waals surface area contributed by atoms with Crippen LogP contribution in [0.5, 0.6) is 5.75 Å². The van der Waals surface area contributed by atoms with E-state index in [2.05, 4.69) is 16.9 Å². The molecule has 1 atom stereocenters. The van der Waals surface area contributed by atoms with Crippen molar-refractivity contribution >= 4 is 0 Å². The van der Waals surface area contributed by atoms with Crippen LogP contribution in [0, 0.1) is 0 Å². The highest BCUT2D eigenvalue weighted by Crippen LogP contribution is 2.32. The first-order chi connectivity index (χ1) is 10.1. The molecule has 0 bridgehead atoms. The van der Waals surface area contributed by atoms with Gasteiger partial charge in [-0.15, -0.1) is 0 Å². The van der Waals surface area contributed by atoms with Gasteiger partial charge in [-0.1, -0.05) is 36.4 Å². The van der Waals surface area contributed by atoms with Gasteiger partial charge >= 0.3 is 6.61 Å². The van der Waals surface area contributed by atoms with Crippen LogP contribution >= 0.6 is 0 Å². The van der Waals surface area contributed by atoms with Crippen molar-refractivity contribution in [3.05, 3.63) is 64.7 Å². The zero-order valence-corrected chi connectivity index (χ0v) is 11.6. The van der Waals surface area contributed by atoms with Gasteiger partial charge < -0.3 is 10.5 Å². The summed E-state index contributed by atoms with van der Waals surface area (Å²) in [5, 5.41) is 0. The van der Waals surface area contributed by atoms with Crippen molar-refractivity contribution in [3.8, 4) is 5.75 Å². The van der Waals surface area contributed by atoms with Gasteiger partial charge in [0.25, 0.3) is 0 Å². The van der Waals surface area contributed by atoms with Crippen LogP contribution in [0.2, 0.25) is 0 Å². The number of alkyl halides is 2. The molecule has 3 rings (SSSR count). The van der Waals surface area contributed by atoms with Crippen LogP contribution in [0.1, 0.15) is 34.7 Å². The lowest BCUT2D eigenvalue weighted by molar-refractivity contribution is -0.0505. The molecule has 0 radical (unpaired) electrons. The minimum Gasteiger partial charge on any atom is -0.434 e. The third kappa shape index (κ3) is 2.90. The number of nitrogens with two attached hydrogens (primary N) is 1. The van der Waals surface area contributed by atoms with Crippen molar-refractivity contribution < 1.29 is 13.5 Å². The van der Waals surface area contributed by atoms with Crippen molar-refractivity contribution in [2.45, 2.75) is 31.9 Å². The monoisotopic (exact) mass is 289 g/mol. The predicted octanol–water partition coefficient (Wildman–Crippen LogP) is 3.82. The van der Waals surface area contributed by atoms with E-state index in [0.717, 1.165) is 18.4 Å². The van der Waals surface area contributed by atoms with E-state index in [0.29, 0.717) is 5.56 Å². The smallest absolute Gasteiger partial charge is 0.387 e. The zero-order chi connectivity index (χ0) is 14.8. The first-order valence-corrected chi connectivity index (χ1v) is 7.06. The van der Waals surface area contributed by atoms with Gasteiger partial charge in [-0.3, -0.25) is 0 Å². The number of hydrogen-bond donors (Lipinski definition) is 1. The van der Waals surface area contributed by atoms with Crippen molar-refractivity contribution in [1.29, 1.82) is 0 Å². The van der Waals surface area contributed by atoms with E-state index in [9.17, 15) is 8.78 Å². The van der Waals surface area contributed by atoms with Crippen molar-refractivity contribution in [3.63, 3.8) is 0 Å². The fourth-order valence-electron chi connectivity index (χ4n) is 2.91. The topological polar surface area (TPSA) is 35.2 Å². The second-order valence-electron chi connectivity index (χ2n) is 5.28. The molecule has 2 N–H and O–H groups in total. The first-order valence-electron chi connectivity index (χ1n) is 7.06. The molecule has 21 heavy (non-hydrogen) atoms. The first kappa shape index (κ1) is 14.0. The fraction of sp³-hybridized carbons (Fsp3) is 0.294. The maximum atomic E-state index is 12.5. The summed E-state index contributed by atoms with van der Waals surface area (Å²) in [5.41, 5.74) is 10.5. The Morgan fingerprint density at radius 3 is 2.57 bits per heavy atom. The van der Waals surface area contributed by atoms with Gasteiger partial charge in [0.2, 0.25) is 0 Å². The third-order valence-corrected chi connectivity index (χ3v) is 3.95. The lowest BCUT2D eigenvalue weighted by Gasteiger charge is -2.18. The van der Waals surface area contributed by atoms with Crippen LogP contribution < -0.4 is 10.5 Å². The highest BCUT2D eigenvalue weighted by molar-refractivity contribution is 5.44. The third-order valence-electron chi connectivity index (χ3n) is 3.95. The Morgan fingerprint density at radius 1 is 1.00 bits per heavy atom. The van der Waals surface area contributed by atoms with Crippen LogP contribution in [0.15, 0.2) is 42.5 Å². The molecule has 0 fully saturated rings. The molecular formula is C17H17F2NO. The number of hydrogen-bond acceptors (Lipinski definition) is 2. The summed E-state index contributed by atoms with van der Waals surface area (Å²) in [4.78, 5) is 0. The summed E-state index contributed by atoms with van der Waals surface area (Å²) in [6, 6.07) is 12.4. The molecular weight excluding hydrogens is 272 g/mol. The Balaban J connectivity index is 1.93. The number of aryl methyl sites for hydroxylation is 2. The quantitative estimate of drug-likeness (QED) is 0.928. The van der Waals surface area contributed by atoms with Gasteiger partial charge in [0, 0.05) is 5.56 Å². The molecule has 0 saturated heterocycles. The Bertz CT molecular complexity index is 642. The van der Waals surface area contributed by atoms with Crippen LogP contribution in [-0.4, -0.2) is 6.61 Å². The van der Waals surface area contributed by atoms with E-state index in [1.807, 2.05) is 6.07 Å². The maximum Gasteiger partial charge on any atom is 0.387 e. The summed E-state index contributed by atoms with van der Waals surface area (Å²) in [5.74, 6) is 0.139. The van der Waals surface area contributed by atoms with E-state index in [4.69, 9.17) is 5.73 Å². The molecule has 2 aromatic rings.